The highest BCUT2D eigenvalue weighted by molar-refractivity contribution is 5.96. The van der Waals surface area contributed by atoms with E-state index >= 15 is 0 Å². The van der Waals surface area contributed by atoms with Gasteiger partial charge in [-0.1, -0.05) is 25.0 Å². The molecule has 0 radical (unpaired) electrons. The van der Waals surface area contributed by atoms with Crippen molar-refractivity contribution in [3.05, 3.63) is 29.8 Å². The monoisotopic (exact) mass is 263 g/mol. The second-order valence-electron chi connectivity index (χ2n) is 5.21. The Morgan fingerprint density at radius 2 is 2.11 bits per heavy atom. The minimum atomic E-state index is -0.697. The summed E-state index contributed by atoms with van der Waals surface area (Å²) < 4.78 is 5.63. The number of hydrogen-bond acceptors (Lipinski definition) is 4. The Morgan fingerprint density at radius 3 is 2.79 bits per heavy atom. The SMILES string of the molecule is NCCC(=O)c1cccc(OCC2(O)CCCC2)c1. The zero-order valence-corrected chi connectivity index (χ0v) is 11.1. The normalized spacial score (nSPS) is 17.4. The molecule has 4 heteroatoms. The van der Waals surface area contributed by atoms with E-state index in [1.165, 1.54) is 0 Å². The molecular formula is C15H21NO3. The highest BCUT2D eigenvalue weighted by Crippen LogP contribution is 2.30. The lowest BCUT2D eigenvalue weighted by Gasteiger charge is -2.22. The third kappa shape index (κ3) is 3.78. The van der Waals surface area contributed by atoms with Crippen LogP contribution in [0.4, 0.5) is 0 Å². The van der Waals surface area contributed by atoms with E-state index in [0.29, 0.717) is 30.9 Å². The molecule has 0 aliphatic heterocycles. The lowest BCUT2D eigenvalue weighted by molar-refractivity contribution is 0.00140. The fourth-order valence-electron chi connectivity index (χ4n) is 2.43. The largest absolute Gasteiger partial charge is 0.491 e. The number of hydrogen-bond donors (Lipinski definition) is 2. The number of benzene rings is 1. The summed E-state index contributed by atoms with van der Waals surface area (Å²) in [5.74, 6) is 0.649. The number of carbonyl (C=O) groups is 1. The molecule has 19 heavy (non-hydrogen) atoms. The van der Waals surface area contributed by atoms with Crippen LogP contribution in [0, 0.1) is 0 Å². The summed E-state index contributed by atoms with van der Waals surface area (Å²) >= 11 is 0. The fraction of sp³-hybridized carbons (Fsp3) is 0.533. The van der Waals surface area contributed by atoms with Crippen LogP contribution in [-0.4, -0.2) is 29.6 Å². The summed E-state index contributed by atoms with van der Waals surface area (Å²) in [5.41, 5.74) is 5.29. The number of nitrogens with two attached hydrogens (primary N) is 1. The Bertz CT molecular complexity index is 439. The highest BCUT2D eigenvalue weighted by Gasteiger charge is 2.31. The zero-order valence-electron chi connectivity index (χ0n) is 11.1. The average Bonchev–Trinajstić information content (AvgIpc) is 2.85. The first-order valence-corrected chi connectivity index (χ1v) is 6.81. The minimum Gasteiger partial charge on any atom is -0.491 e. The molecule has 2 rings (SSSR count). The van der Waals surface area contributed by atoms with Gasteiger partial charge in [0.2, 0.25) is 0 Å². The van der Waals surface area contributed by atoms with Crippen LogP contribution >= 0.6 is 0 Å². The Labute approximate surface area is 113 Å². The molecule has 1 aromatic carbocycles. The number of rotatable bonds is 6. The molecule has 4 nitrogen and oxygen atoms in total. The van der Waals surface area contributed by atoms with E-state index in [0.717, 1.165) is 25.7 Å². The smallest absolute Gasteiger partial charge is 0.164 e. The lowest BCUT2D eigenvalue weighted by atomic mass is 10.0. The zero-order chi connectivity index (χ0) is 13.7. The van der Waals surface area contributed by atoms with Crippen LogP contribution in [0.25, 0.3) is 0 Å². The molecule has 104 valence electrons. The van der Waals surface area contributed by atoms with E-state index in [1.54, 1.807) is 24.3 Å². The standard InChI is InChI=1S/C15H21NO3/c16-9-6-14(17)12-4-3-5-13(10-12)19-11-15(18)7-1-2-8-15/h3-5,10,18H,1-2,6-9,11,16H2. The molecule has 1 aliphatic rings. The Morgan fingerprint density at radius 1 is 1.37 bits per heavy atom. The maximum Gasteiger partial charge on any atom is 0.164 e. The van der Waals surface area contributed by atoms with Gasteiger partial charge in [-0.05, 0) is 31.5 Å². The van der Waals surface area contributed by atoms with E-state index in [9.17, 15) is 9.90 Å². The van der Waals surface area contributed by atoms with Crippen molar-refractivity contribution in [2.45, 2.75) is 37.7 Å². The van der Waals surface area contributed by atoms with Crippen LogP contribution in [0.15, 0.2) is 24.3 Å². The summed E-state index contributed by atoms with van der Waals surface area (Å²) in [4.78, 5) is 11.7. The molecular weight excluding hydrogens is 242 g/mol. The molecule has 1 saturated carbocycles. The molecule has 0 saturated heterocycles. The second-order valence-corrected chi connectivity index (χ2v) is 5.21. The summed E-state index contributed by atoms with van der Waals surface area (Å²) in [6.45, 7) is 0.644. The highest BCUT2D eigenvalue weighted by atomic mass is 16.5. The molecule has 1 aliphatic carbocycles. The number of ether oxygens (including phenoxy) is 1. The molecule has 0 unspecified atom stereocenters. The van der Waals surface area contributed by atoms with Gasteiger partial charge < -0.3 is 15.6 Å². The lowest BCUT2D eigenvalue weighted by Crippen LogP contribution is -2.32. The second kappa shape index (κ2) is 6.17. The minimum absolute atomic E-state index is 0.0209. The van der Waals surface area contributed by atoms with E-state index in [2.05, 4.69) is 0 Å². The van der Waals surface area contributed by atoms with Crippen molar-refractivity contribution in [3.63, 3.8) is 0 Å². The van der Waals surface area contributed by atoms with E-state index in [4.69, 9.17) is 10.5 Å². The van der Waals surface area contributed by atoms with Crippen molar-refractivity contribution < 1.29 is 14.6 Å². The fourth-order valence-corrected chi connectivity index (χ4v) is 2.43. The van der Waals surface area contributed by atoms with Crippen LogP contribution in [0.2, 0.25) is 0 Å². The first kappa shape index (κ1) is 14.0. The first-order valence-electron chi connectivity index (χ1n) is 6.81. The average molecular weight is 263 g/mol. The van der Waals surface area contributed by atoms with Crippen LogP contribution in [0.3, 0.4) is 0 Å². The summed E-state index contributed by atoms with van der Waals surface area (Å²) in [7, 11) is 0. The van der Waals surface area contributed by atoms with Crippen LogP contribution in [0.5, 0.6) is 5.75 Å². The van der Waals surface area contributed by atoms with Crippen molar-refractivity contribution in [1.29, 1.82) is 0 Å². The van der Waals surface area contributed by atoms with Gasteiger partial charge in [-0.15, -0.1) is 0 Å². The Kier molecular flexibility index (Phi) is 4.56. The van der Waals surface area contributed by atoms with Crippen LogP contribution < -0.4 is 10.5 Å². The van der Waals surface area contributed by atoms with Gasteiger partial charge in [0.15, 0.2) is 5.78 Å². The number of carbonyl (C=O) groups excluding carboxylic acids is 1. The molecule has 0 heterocycles. The quantitative estimate of drug-likeness (QED) is 0.769. The molecule has 0 spiro atoms. The van der Waals surface area contributed by atoms with Gasteiger partial charge in [0.1, 0.15) is 12.4 Å². The molecule has 0 atom stereocenters. The van der Waals surface area contributed by atoms with Crippen molar-refractivity contribution in [2.75, 3.05) is 13.2 Å². The molecule has 1 aromatic rings. The summed E-state index contributed by atoms with van der Waals surface area (Å²) in [5, 5.41) is 10.2. The van der Waals surface area contributed by atoms with E-state index in [-0.39, 0.29) is 5.78 Å². The number of Topliss-reactive ketones (excluding diaryl/α,β-unsaturated/α-hetero) is 1. The van der Waals surface area contributed by atoms with Gasteiger partial charge >= 0.3 is 0 Å². The van der Waals surface area contributed by atoms with Crippen molar-refractivity contribution in [1.82, 2.24) is 0 Å². The van der Waals surface area contributed by atoms with Crippen molar-refractivity contribution in [2.24, 2.45) is 5.73 Å². The number of aliphatic hydroxyl groups is 1. The maximum atomic E-state index is 11.7. The molecule has 0 aromatic heterocycles. The van der Waals surface area contributed by atoms with Gasteiger partial charge in [0, 0.05) is 12.0 Å². The Balaban J connectivity index is 1.97. The molecule has 0 amide bonds. The van der Waals surface area contributed by atoms with Crippen molar-refractivity contribution in [3.8, 4) is 5.75 Å². The van der Waals surface area contributed by atoms with Crippen LogP contribution in [0.1, 0.15) is 42.5 Å². The van der Waals surface area contributed by atoms with E-state index < -0.39 is 5.60 Å². The molecule has 1 fully saturated rings. The van der Waals surface area contributed by atoms with Gasteiger partial charge in [-0.2, -0.15) is 0 Å². The molecule has 3 N–H and O–H groups in total. The van der Waals surface area contributed by atoms with Gasteiger partial charge in [-0.3, -0.25) is 4.79 Å². The van der Waals surface area contributed by atoms with Crippen molar-refractivity contribution >= 4 is 5.78 Å². The summed E-state index contributed by atoms with van der Waals surface area (Å²) in [6.07, 6.45) is 4.02. The Hall–Kier alpha value is -1.39. The first-order chi connectivity index (χ1) is 9.13. The van der Waals surface area contributed by atoms with Gasteiger partial charge in [-0.25, -0.2) is 0 Å². The maximum absolute atomic E-state index is 11.7. The van der Waals surface area contributed by atoms with Gasteiger partial charge in [0.25, 0.3) is 0 Å². The number of ketones is 1. The van der Waals surface area contributed by atoms with E-state index in [1.807, 2.05) is 0 Å². The third-order valence-electron chi connectivity index (χ3n) is 3.57. The predicted octanol–water partition coefficient (Wildman–Crippen LogP) is 1.90. The third-order valence-corrected chi connectivity index (χ3v) is 3.57. The van der Waals surface area contributed by atoms with Crippen LogP contribution in [-0.2, 0) is 0 Å². The molecule has 0 bridgehead atoms. The topological polar surface area (TPSA) is 72.6 Å². The van der Waals surface area contributed by atoms with Gasteiger partial charge in [0.05, 0.1) is 5.60 Å². The predicted molar refractivity (Wildman–Crippen MR) is 73.4 cm³/mol. The summed E-state index contributed by atoms with van der Waals surface area (Å²) in [6, 6.07) is 7.07.